The molecule has 5 nitrogen and oxygen atoms in total. The van der Waals surface area contributed by atoms with Gasteiger partial charge in [0.2, 0.25) is 0 Å². The SMILES string of the molecule is C/C=C/n1ncc(N2CCOCC2)c(Cl)c1=O. The zero-order valence-electron chi connectivity index (χ0n) is 9.60. The summed E-state index contributed by atoms with van der Waals surface area (Å²) in [5.41, 5.74) is 0.384. The van der Waals surface area contributed by atoms with Gasteiger partial charge in [0.25, 0.3) is 5.56 Å². The predicted molar refractivity (Wildman–Crippen MR) is 67.5 cm³/mol. The van der Waals surface area contributed by atoms with E-state index in [0.717, 1.165) is 13.1 Å². The minimum absolute atomic E-state index is 0.208. The van der Waals surface area contributed by atoms with Crippen LogP contribution in [0, 0.1) is 0 Å². The molecule has 0 spiro atoms. The average Bonchev–Trinajstić information content (AvgIpc) is 2.36. The third-order valence-electron chi connectivity index (χ3n) is 2.57. The summed E-state index contributed by atoms with van der Waals surface area (Å²) in [5, 5.41) is 4.26. The Morgan fingerprint density at radius 3 is 2.82 bits per heavy atom. The molecule has 0 radical (unpaired) electrons. The number of morpholine rings is 1. The van der Waals surface area contributed by atoms with Gasteiger partial charge in [-0.2, -0.15) is 5.10 Å². The molecule has 1 aromatic rings. The fourth-order valence-corrected chi connectivity index (χ4v) is 1.96. The molecule has 0 unspecified atom stereocenters. The first-order valence-corrected chi connectivity index (χ1v) is 5.84. The number of anilines is 1. The molecule has 0 saturated carbocycles. The molecule has 0 aliphatic carbocycles. The van der Waals surface area contributed by atoms with Crippen LogP contribution in [-0.2, 0) is 4.74 Å². The number of rotatable bonds is 2. The molecular formula is C11H14ClN3O2. The van der Waals surface area contributed by atoms with Crippen LogP contribution in [-0.4, -0.2) is 36.1 Å². The zero-order chi connectivity index (χ0) is 12.3. The largest absolute Gasteiger partial charge is 0.378 e. The highest BCUT2D eigenvalue weighted by Gasteiger charge is 2.17. The number of nitrogens with zero attached hydrogens (tertiary/aromatic N) is 3. The van der Waals surface area contributed by atoms with E-state index in [0.29, 0.717) is 18.9 Å². The Bertz CT molecular complexity index is 478. The second kappa shape index (κ2) is 5.33. The molecule has 6 heteroatoms. The number of aromatic nitrogens is 2. The zero-order valence-corrected chi connectivity index (χ0v) is 10.4. The molecule has 2 rings (SSSR count). The Morgan fingerprint density at radius 1 is 1.47 bits per heavy atom. The van der Waals surface area contributed by atoms with Gasteiger partial charge in [0.05, 0.1) is 25.1 Å². The molecule has 92 valence electrons. The molecular weight excluding hydrogens is 242 g/mol. The number of hydrogen-bond donors (Lipinski definition) is 0. The minimum Gasteiger partial charge on any atom is -0.378 e. The van der Waals surface area contributed by atoms with Gasteiger partial charge in [0, 0.05) is 19.3 Å². The first-order chi connectivity index (χ1) is 8.24. The molecule has 17 heavy (non-hydrogen) atoms. The smallest absolute Gasteiger partial charge is 0.291 e. The highest BCUT2D eigenvalue weighted by Crippen LogP contribution is 2.21. The summed E-state index contributed by atoms with van der Waals surface area (Å²) in [6.07, 6.45) is 4.94. The molecule has 0 aromatic carbocycles. The summed E-state index contributed by atoms with van der Waals surface area (Å²) < 4.78 is 6.48. The maximum atomic E-state index is 11.9. The maximum absolute atomic E-state index is 11.9. The molecule has 0 N–H and O–H groups in total. The van der Waals surface area contributed by atoms with Crippen molar-refractivity contribution in [3.05, 3.63) is 27.6 Å². The number of halogens is 1. The molecule has 1 aromatic heterocycles. The van der Waals surface area contributed by atoms with Crippen molar-refractivity contribution in [3.63, 3.8) is 0 Å². The van der Waals surface area contributed by atoms with E-state index in [2.05, 4.69) is 5.10 Å². The third kappa shape index (κ3) is 2.50. The van der Waals surface area contributed by atoms with Crippen molar-refractivity contribution in [2.24, 2.45) is 0 Å². The van der Waals surface area contributed by atoms with E-state index in [1.165, 1.54) is 4.68 Å². The van der Waals surface area contributed by atoms with Crippen molar-refractivity contribution in [1.82, 2.24) is 9.78 Å². The van der Waals surface area contributed by atoms with Gasteiger partial charge in [-0.1, -0.05) is 17.7 Å². The van der Waals surface area contributed by atoms with E-state index < -0.39 is 0 Å². The molecule has 0 atom stereocenters. The Balaban J connectivity index is 2.36. The van der Waals surface area contributed by atoms with Crippen molar-refractivity contribution in [2.75, 3.05) is 31.2 Å². The summed E-state index contributed by atoms with van der Waals surface area (Å²) in [7, 11) is 0. The normalized spacial score (nSPS) is 16.7. The van der Waals surface area contributed by atoms with Crippen LogP contribution in [0.1, 0.15) is 6.92 Å². The van der Waals surface area contributed by atoms with Crippen LogP contribution in [0.4, 0.5) is 5.69 Å². The maximum Gasteiger partial charge on any atom is 0.291 e. The van der Waals surface area contributed by atoms with E-state index in [1.807, 2.05) is 11.8 Å². The summed E-state index contributed by atoms with van der Waals surface area (Å²) >= 11 is 6.08. The fraction of sp³-hybridized carbons (Fsp3) is 0.455. The van der Waals surface area contributed by atoms with Gasteiger partial charge >= 0.3 is 0 Å². The molecule has 1 aliphatic heterocycles. The molecule has 0 amide bonds. The van der Waals surface area contributed by atoms with E-state index in [4.69, 9.17) is 16.3 Å². The van der Waals surface area contributed by atoms with Gasteiger partial charge < -0.3 is 9.64 Å². The van der Waals surface area contributed by atoms with Crippen LogP contribution in [0.2, 0.25) is 5.02 Å². The fourth-order valence-electron chi connectivity index (χ4n) is 1.71. The lowest BCUT2D eigenvalue weighted by Crippen LogP contribution is -2.37. The lowest BCUT2D eigenvalue weighted by Gasteiger charge is -2.28. The minimum atomic E-state index is -0.297. The van der Waals surface area contributed by atoms with Crippen molar-refractivity contribution >= 4 is 23.5 Å². The van der Waals surface area contributed by atoms with Crippen LogP contribution in [0.5, 0.6) is 0 Å². The van der Waals surface area contributed by atoms with Crippen molar-refractivity contribution < 1.29 is 4.74 Å². The van der Waals surface area contributed by atoms with Crippen molar-refractivity contribution in [3.8, 4) is 0 Å². The van der Waals surface area contributed by atoms with Gasteiger partial charge in [0.1, 0.15) is 5.02 Å². The lowest BCUT2D eigenvalue weighted by atomic mass is 10.3. The molecule has 1 aliphatic rings. The second-order valence-corrected chi connectivity index (χ2v) is 4.05. The summed E-state index contributed by atoms with van der Waals surface area (Å²) in [6.45, 7) is 4.57. The topological polar surface area (TPSA) is 47.4 Å². The first-order valence-electron chi connectivity index (χ1n) is 5.47. The molecule has 2 heterocycles. The Hall–Kier alpha value is -1.33. The van der Waals surface area contributed by atoms with E-state index >= 15 is 0 Å². The van der Waals surface area contributed by atoms with Crippen LogP contribution in [0.25, 0.3) is 6.20 Å². The quantitative estimate of drug-likeness (QED) is 0.797. The Morgan fingerprint density at radius 2 is 2.18 bits per heavy atom. The standard InChI is InChI=1S/C11H14ClN3O2/c1-2-3-15-11(16)10(12)9(8-13-15)14-4-6-17-7-5-14/h2-3,8H,4-7H2,1H3/b3-2+. The summed E-state index contributed by atoms with van der Waals surface area (Å²) in [5.74, 6) is 0. The van der Waals surface area contributed by atoms with Crippen LogP contribution < -0.4 is 10.5 Å². The van der Waals surface area contributed by atoms with Gasteiger partial charge in [-0.05, 0) is 6.92 Å². The van der Waals surface area contributed by atoms with Gasteiger partial charge in [-0.15, -0.1) is 0 Å². The highest BCUT2D eigenvalue weighted by atomic mass is 35.5. The monoisotopic (exact) mass is 255 g/mol. The van der Waals surface area contributed by atoms with Crippen molar-refractivity contribution in [1.29, 1.82) is 0 Å². The first kappa shape index (κ1) is 12.1. The Labute approximate surface area is 104 Å². The third-order valence-corrected chi connectivity index (χ3v) is 2.92. The van der Waals surface area contributed by atoms with Crippen LogP contribution >= 0.6 is 11.6 Å². The average molecular weight is 256 g/mol. The van der Waals surface area contributed by atoms with Crippen LogP contribution in [0.15, 0.2) is 17.1 Å². The van der Waals surface area contributed by atoms with Gasteiger partial charge in [-0.3, -0.25) is 4.79 Å². The van der Waals surface area contributed by atoms with E-state index in [1.54, 1.807) is 18.5 Å². The predicted octanol–water partition coefficient (Wildman–Crippen LogP) is 1.22. The molecule has 1 fully saturated rings. The van der Waals surface area contributed by atoms with Gasteiger partial charge in [0.15, 0.2) is 0 Å². The van der Waals surface area contributed by atoms with Crippen molar-refractivity contribution in [2.45, 2.75) is 6.92 Å². The molecule has 1 saturated heterocycles. The van der Waals surface area contributed by atoms with E-state index in [9.17, 15) is 4.79 Å². The highest BCUT2D eigenvalue weighted by molar-refractivity contribution is 6.33. The lowest BCUT2D eigenvalue weighted by molar-refractivity contribution is 0.122. The molecule has 0 bridgehead atoms. The van der Waals surface area contributed by atoms with Gasteiger partial charge in [-0.25, -0.2) is 4.68 Å². The Kier molecular flexibility index (Phi) is 3.81. The van der Waals surface area contributed by atoms with E-state index in [-0.39, 0.29) is 10.6 Å². The summed E-state index contributed by atoms with van der Waals surface area (Å²) in [4.78, 5) is 13.9. The summed E-state index contributed by atoms with van der Waals surface area (Å²) in [6, 6.07) is 0. The number of allylic oxidation sites excluding steroid dienone is 1. The second-order valence-electron chi connectivity index (χ2n) is 3.68. The number of ether oxygens (including phenoxy) is 1. The van der Waals surface area contributed by atoms with Crippen LogP contribution in [0.3, 0.4) is 0 Å². The number of hydrogen-bond acceptors (Lipinski definition) is 4.